The van der Waals surface area contributed by atoms with Crippen molar-refractivity contribution >= 4 is 27.5 Å². The van der Waals surface area contributed by atoms with Crippen LogP contribution in [0.4, 0.5) is 5.69 Å². The molecule has 1 fully saturated rings. The second-order valence-electron chi connectivity index (χ2n) is 4.87. The molecule has 0 heterocycles. The second-order valence-corrected chi connectivity index (χ2v) is 5.79. The molecule has 4 heteroatoms. The van der Waals surface area contributed by atoms with Crippen molar-refractivity contribution in [2.24, 2.45) is 5.92 Å². The largest absolute Gasteiger partial charge is 0.398 e. The molecule has 0 spiro atoms. The molecule has 1 aromatic carbocycles. The highest BCUT2D eigenvalue weighted by Crippen LogP contribution is 2.28. The number of amides is 1. The van der Waals surface area contributed by atoms with Gasteiger partial charge in [0.1, 0.15) is 0 Å². The third-order valence-electron chi connectivity index (χ3n) is 3.62. The Hall–Kier alpha value is -1.03. The molecule has 1 aliphatic rings. The first-order chi connectivity index (χ1) is 8.61. The van der Waals surface area contributed by atoms with Gasteiger partial charge in [-0.3, -0.25) is 4.79 Å². The quantitative estimate of drug-likeness (QED) is 0.867. The standard InChI is InChI=1S/C14H19BrN2O/c1-2-17(9-10-4-3-5-10)14(18)12-8-11(15)6-7-13(12)16/h6-8,10H,2-5,9,16H2,1H3. The number of hydrogen-bond donors (Lipinski definition) is 1. The molecule has 1 aromatic rings. The molecule has 1 amide bonds. The summed E-state index contributed by atoms with van der Waals surface area (Å²) in [5.74, 6) is 0.727. The first-order valence-electron chi connectivity index (χ1n) is 6.46. The van der Waals surface area contributed by atoms with Gasteiger partial charge >= 0.3 is 0 Å². The van der Waals surface area contributed by atoms with Crippen LogP contribution in [-0.2, 0) is 0 Å². The first kappa shape index (κ1) is 13.4. The predicted octanol–water partition coefficient (Wildman–Crippen LogP) is 3.29. The average Bonchev–Trinajstić information content (AvgIpc) is 2.30. The lowest BCUT2D eigenvalue weighted by atomic mass is 9.85. The fourth-order valence-electron chi connectivity index (χ4n) is 2.23. The lowest BCUT2D eigenvalue weighted by Gasteiger charge is -2.32. The maximum absolute atomic E-state index is 12.4. The topological polar surface area (TPSA) is 46.3 Å². The predicted molar refractivity (Wildman–Crippen MR) is 77.5 cm³/mol. The van der Waals surface area contributed by atoms with E-state index in [-0.39, 0.29) is 5.91 Å². The highest BCUT2D eigenvalue weighted by atomic mass is 79.9. The summed E-state index contributed by atoms with van der Waals surface area (Å²) in [6.07, 6.45) is 3.80. The average molecular weight is 311 g/mol. The third kappa shape index (κ3) is 2.86. The van der Waals surface area contributed by atoms with Crippen LogP contribution in [0.25, 0.3) is 0 Å². The van der Waals surface area contributed by atoms with E-state index in [1.165, 1.54) is 19.3 Å². The van der Waals surface area contributed by atoms with Crippen molar-refractivity contribution in [3.8, 4) is 0 Å². The van der Waals surface area contributed by atoms with E-state index in [4.69, 9.17) is 5.73 Å². The monoisotopic (exact) mass is 310 g/mol. The summed E-state index contributed by atoms with van der Waals surface area (Å²) in [4.78, 5) is 14.4. The molecule has 3 nitrogen and oxygen atoms in total. The minimum absolute atomic E-state index is 0.0446. The molecule has 0 saturated heterocycles. The zero-order valence-corrected chi connectivity index (χ0v) is 12.2. The van der Waals surface area contributed by atoms with Gasteiger partial charge in [0.2, 0.25) is 0 Å². The second kappa shape index (κ2) is 5.74. The van der Waals surface area contributed by atoms with Crippen LogP contribution in [-0.4, -0.2) is 23.9 Å². The Labute approximate surface area is 116 Å². The van der Waals surface area contributed by atoms with Crippen LogP contribution in [0.5, 0.6) is 0 Å². The van der Waals surface area contributed by atoms with Gasteiger partial charge in [0.15, 0.2) is 0 Å². The summed E-state index contributed by atoms with van der Waals surface area (Å²) in [7, 11) is 0. The Morgan fingerprint density at radius 3 is 2.78 bits per heavy atom. The maximum Gasteiger partial charge on any atom is 0.255 e. The Bertz CT molecular complexity index is 443. The normalized spacial score (nSPS) is 15.2. The summed E-state index contributed by atoms with van der Waals surface area (Å²) in [5, 5.41) is 0. The van der Waals surface area contributed by atoms with Crippen LogP contribution >= 0.6 is 15.9 Å². The molecule has 0 radical (unpaired) electrons. The lowest BCUT2D eigenvalue weighted by Crippen LogP contribution is -2.37. The number of nitrogens with zero attached hydrogens (tertiary/aromatic N) is 1. The number of halogens is 1. The number of benzene rings is 1. The third-order valence-corrected chi connectivity index (χ3v) is 4.11. The highest BCUT2D eigenvalue weighted by molar-refractivity contribution is 9.10. The van der Waals surface area contributed by atoms with Gasteiger partial charge in [-0.15, -0.1) is 0 Å². The van der Waals surface area contributed by atoms with Crippen LogP contribution in [0.15, 0.2) is 22.7 Å². The van der Waals surface area contributed by atoms with Gasteiger partial charge < -0.3 is 10.6 Å². The van der Waals surface area contributed by atoms with E-state index in [2.05, 4.69) is 15.9 Å². The Morgan fingerprint density at radius 2 is 2.22 bits per heavy atom. The summed E-state index contributed by atoms with van der Waals surface area (Å²) in [6, 6.07) is 5.43. The van der Waals surface area contributed by atoms with E-state index in [1.54, 1.807) is 12.1 Å². The molecular formula is C14H19BrN2O. The van der Waals surface area contributed by atoms with Gasteiger partial charge in [-0.2, -0.15) is 0 Å². The minimum Gasteiger partial charge on any atom is -0.398 e. The molecule has 0 unspecified atom stereocenters. The van der Waals surface area contributed by atoms with E-state index in [0.717, 1.165) is 17.6 Å². The summed E-state index contributed by atoms with van der Waals surface area (Å²) < 4.78 is 0.889. The number of hydrogen-bond acceptors (Lipinski definition) is 2. The van der Waals surface area contributed by atoms with Crippen LogP contribution in [0.2, 0.25) is 0 Å². The number of nitrogens with two attached hydrogens (primary N) is 1. The number of nitrogen functional groups attached to an aromatic ring is 1. The van der Waals surface area contributed by atoms with Crippen molar-refractivity contribution in [3.05, 3.63) is 28.2 Å². The molecule has 98 valence electrons. The Kier molecular flexibility index (Phi) is 4.27. The van der Waals surface area contributed by atoms with Gasteiger partial charge in [-0.25, -0.2) is 0 Å². The van der Waals surface area contributed by atoms with E-state index in [0.29, 0.717) is 17.2 Å². The van der Waals surface area contributed by atoms with Crippen molar-refractivity contribution < 1.29 is 4.79 Å². The first-order valence-corrected chi connectivity index (χ1v) is 7.25. The van der Waals surface area contributed by atoms with E-state index in [1.807, 2.05) is 17.9 Å². The minimum atomic E-state index is 0.0446. The molecule has 0 aliphatic heterocycles. The van der Waals surface area contributed by atoms with Crippen molar-refractivity contribution in [2.45, 2.75) is 26.2 Å². The molecule has 0 atom stereocenters. The van der Waals surface area contributed by atoms with Gasteiger partial charge in [-0.05, 0) is 43.9 Å². The number of carbonyl (C=O) groups is 1. The summed E-state index contributed by atoms with van der Waals surface area (Å²) in [6.45, 7) is 3.62. The Balaban J connectivity index is 2.14. The molecule has 0 bridgehead atoms. The molecule has 1 saturated carbocycles. The van der Waals surface area contributed by atoms with Gasteiger partial charge in [0.05, 0.1) is 5.56 Å². The number of carbonyl (C=O) groups excluding carboxylic acids is 1. The van der Waals surface area contributed by atoms with E-state index >= 15 is 0 Å². The number of anilines is 1. The lowest BCUT2D eigenvalue weighted by molar-refractivity contribution is 0.0707. The molecule has 1 aliphatic carbocycles. The maximum atomic E-state index is 12.4. The number of rotatable bonds is 4. The van der Waals surface area contributed by atoms with Crippen molar-refractivity contribution in [1.82, 2.24) is 4.90 Å². The van der Waals surface area contributed by atoms with Crippen LogP contribution in [0, 0.1) is 5.92 Å². The fraction of sp³-hybridized carbons (Fsp3) is 0.500. The highest BCUT2D eigenvalue weighted by Gasteiger charge is 2.24. The van der Waals surface area contributed by atoms with Crippen molar-refractivity contribution in [2.75, 3.05) is 18.8 Å². The van der Waals surface area contributed by atoms with Gasteiger partial charge in [0, 0.05) is 23.2 Å². The summed E-state index contributed by atoms with van der Waals surface area (Å²) >= 11 is 3.39. The fourth-order valence-corrected chi connectivity index (χ4v) is 2.59. The zero-order valence-electron chi connectivity index (χ0n) is 10.7. The van der Waals surface area contributed by atoms with Crippen LogP contribution < -0.4 is 5.73 Å². The van der Waals surface area contributed by atoms with E-state index < -0.39 is 0 Å². The van der Waals surface area contributed by atoms with Crippen LogP contribution in [0.3, 0.4) is 0 Å². The molecular weight excluding hydrogens is 292 g/mol. The van der Waals surface area contributed by atoms with Crippen molar-refractivity contribution in [3.63, 3.8) is 0 Å². The smallest absolute Gasteiger partial charge is 0.255 e. The summed E-state index contributed by atoms with van der Waals surface area (Å²) in [5.41, 5.74) is 7.05. The SMILES string of the molecule is CCN(CC1CCC1)C(=O)c1cc(Br)ccc1N. The molecule has 2 rings (SSSR count). The molecule has 2 N–H and O–H groups in total. The van der Waals surface area contributed by atoms with Gasteiger partial charge in [-0.1, -0.05) is 22.4 Å². The van der Waals surface area contributed by atoms with E-state index in [9.17, 15) is 4.79 Å². The Morgan fingerprint density at radius 1 is 1.50 bits per heavy atom. The molecule has 18 heavy (non-hydrogen) atoms. The van der Waals surface area contributed by atoms with Crippen molar-refractivity contribution in [1.29, 1.82) is 0 Å². The molecule has 0 aromatic heterocycles. The zero-order chi connectivity index (χ0) is 13.1. The van der Waals surface area contributed by atoms with Crippen LogP contribution in [0.1, 0.15) is 36.5 Å². The van der Waals surface area contributed by atoms with Gasteiger partial charge in [0.25, 0.3) is 5.91 Å².